The molecule has 102 valence electrons. The van der Waals surface area contributed by atoms with Gasteiger partial charge in [0.25, 0.3) is 0 Å². The SMILES string of the molecule is CCCn1cc(C(Cc2ccccc2Br)NN)cn1. The highest BCUT2D eigenvalue weighted by Gasteiger charge is 2.14. The summed E-state index contributed by atoms with van der Waals surface area (Å²) >= 11 is 3.57. The average Bonchev–Trinajstić information content (AvgIpc) is 2.87. The fourth-order valence-electron chi connectivity index (χ4n) is 2.07. The number of rotatable bonds is 6. The zero-order valence-corrected chi connectivity index (χ0v) is 12.6. The molecule has 1 heterocycles. The number of nitrogens with two attached hydrogens (primary N) is 1. The molecule has 0 amide bonds. The van der Waals surface area contributed by atoms with Crippen molar-refractivity contribution in [3.05, 3.63) is 52.3 Å². The highest BCUT2D eigenvalue weighted by atomic mass is 79.9. The van der Waals surface area contributed by atoms with E-state index >= 15 is 0 Å². The molecule has 4 nitrogen and oxygen atoms in total. The molecule has 1 atom stereocenters. The van der Waals surface area contributed by atoms with E-state index in [0.717, 1.165) is 29.4 Å². The van der Waals surface area contributed by atoms with E-state index in [1.165, 1.54) is 5.56 Å². The van der Waals surface area contributed by atoms with E-state index in [-0.39, 0.29) is 6.04 Å². The van der Waals surface area contributed by atoms with Crippen LogP contribution < -0.4 is 11.3 Å². The topological polar surface area (TPSA) is 55.9 Å². The van der Waals surface area contributed by atoms with Crippen molar-refractivity contribution >= 4 is 15.9 Å². The minimum atomic E-state index is 0.0734. The Labute approximate surface area is 122 Å². The molecular formula is C14H19BrN4. The molecular weight excluding hydrogens is 304 g/mol. The summed E-state index contributed by atoms with van der Waals surface area (Å²) < 4.78 is 3.07. The second kappa shape index (κ2) is 6.84. The largest absolute Gasteiger partial charge is 0.272 e. The number of hydrogen-bond acceptors (Lipinski definition) is 3. The third-order valence-electron chi connectivity index (χ3n) is 3.09. The van der Waals surface area contributed by atoms with Crippen molar-refractivity contribution in [1.82, 2.24) is 15.2 Å². The molecule has 0 bridgehead atoms. The summed E-state index contributed by atoms with van der Waals surface area (Å²) in [6.07, 6.45) is 5.85. The predicted molar refractivity (Wildman–Crippen MR) is 80.4 cm³/mol. The molecule has 1 aromatic heterocycles. The maximum atomic E-state index is 5.68. The first-order chi connectivity index (χ1) is 9.24. The lowest BCUT2D eigenvalue weighted by Gasteiger charge is -2.15. The van der Waals surface area contributed by atoms with Gasteiger partial charge in [0, 0.05) is 22.8 Å². The first-order valence-electron chi connectivity index (χ1n) is 6.46. The molecule has 0 aliphatic carbocycles. The van der Waals surface area contributed by atoms with Crippen LogP contribution in [-0.2, 0) is 13.0 Å². The van der Waals surface area contributed by atoms with E-state index in [2.05, 4.69) is 45.6 Å². The Kier molecular flexibility index (Phi) is 5.13. The van der Waals surface area contributed by atoms with E-state index < -0.39 is 0 Å². The van der Waals surface area contributed by atoms with Gasteiger partial charge in [-0.15, -0.1) is 0 Å². The summed E-state index contributed by atoms with van der Waals surface area (Å²) in [7, 11) is 0. The summed E-state index contributed by atoms with van der Waals surface area (Å²) in [6, 6.07) is 8.27. The molecule has 3 N–H and O–H groups in total. The fraction of sp³-hybridized carbons (Fsp3) is 0.357. The number of hydrogen-bond donors (Lipinski definition) is 2. The summed E-state index contributed by atoms with van der Waals surface area (Å²) in [5.74, 6) is 5.68. The van der Waals surface area contributed by atoms with Gasteiger partial charge in [-0.1, -0.05) is 41.1 Å². The van der Waals surface area contributed by atoms with E-state index in [4.69, 9.17) is 5.84 Å². The lowest BCUT2D eigenvalue weighted by molar-refractivity contribution is 0.548. The lowest BCUT2D eigenvalue weighted by atomic mass is 10.0. The van der Waals surface area contributed by atoms with Crippen LogP contribution in [0.25, 0.3) is 0 Å². The lowest BCUT2D eigenvalue weighted by Crippen LogP contribution is -2.29. The van der Waals surface area contributed by atoms with Crippen LogP contribution in [0.15, 0.2) is 41.1 Å². The molecule has 2 aromatic rings. The Morgan fingerprint density at radius 3 is 2.89 bits per heavy atom. The summed E-state index contributed by atoms with van der Waals surface area (Å²) in [5, 5.41) is 4.35. The summed E-state index contributed by atoms with van der Waals surface area (Å²) in [6.45, 7) is 3.08. The number of hydrazine groups is 1. The van der Waals surface area contributed by atoms with Gasteiger partial charge in [0.15, 0.2) is 0 Å². The molecule has 5 heteroatoms. The van der Waals surface area contributed by atoms with Crippen molar-refractivity contribution < 1.29 is 0 Å². The highest BCUT2D eigenvalue weighted by Crippen LogP contribution is 2.23. The summed E-state index contributed by atoms with van der Waals surface area (Å²) in [5.41, 5.74) is 5.22. The Morgan fingerprint density at radius 1 is 1.42 bits per heavy atom. The number of aromatic nitrogens is 2. The van der Waals surface area contributed by atoms with Crippen LogP contribution in [0.1, 0.15) is 30.5 Å². The van der Waals surface area contributed by atoms with Gasteiger partial charge in [-0.25, -0.2) is 0 Å². The quantitative estimate of drug-likeness (QED) is 0.635. The third kappa shape index (κ3) is 3.65. The van der Waals surface area contributed by atoms with Gasteiger partial charge in [0.05, 0.1) is 12.2 Å². The molecule has 2 rings (SSSR count). The molecule has 0 saturated carbocycles. The number of benzene rings is 1. The Morgan fingerprint density at radius 2 is 2.21 bits per heavy atom. The smallest absolute Gasteiger partial charge is 0.0538 e. The maximum absolute atomic E-state index is 5.68. The van der Waals surface area contributed by atoms with Gasteiger partial charge >= 0.3 is 0 Å². The van der Waals surface area contributed by atoms with Crippen LogP contribution in [0.5, 0.6) is 0 Å². The average molecular weight is 323 g/mol. The molecule has 1 aromatic carbocycles. The second-order valence-corrected chi connectivity index (χ2v) is 5.41. The molecule has 0 aliphatic rings. The predicted octanol–water partition coefficient (Wildman–Crippen LogP) is 2.80. The molecule has 0 radical (unpaired) electrons. The zero-order chi connectivity index (χ0) is 13.7. The van der Waals surface area contributed by atoms with Crippen LogP contribution in [-0.4, -0.2) is 9.78 Å². The van der Waals surface area contributed by atoms with Gasteiger partial charge in [0.2, 0.25) is 0 Å². The molecule has 19 heavy (non-hydrogen) atoms. The Hall–Kier alpha value is -1.17. The first kappa shape index (κ1) is 14.2. The van der Waals surface area contributed by atoms with Crippen LogP contribution in [0.2, 0.25) is 0 Å². The minimum absolute atomic E-state index is 0.0734. The fourth-order valence-corrected chi connectivity index (χ4v) is 2.51. The second-order valence-electron chi connectivity index (χ2n) is 4.55. The molecule has 0 aliphatic heterocycles. The van der Waals surface area contributed by atoms with Gasteiger partial charge < -0.3 is 0 Å². The molecule has 0 spiro atoms. The van der Waals surface area contributed by atoms with Crippen molar-refractivity contribution in [2.24, 2.45) is 5.84 Å². The number of nitrogens with one attached hydrogen (secondary N) is 1. The van der Waals surface area contributed by atoms with Crippen molar-refractivity contribution in [2.75, 3.05) is 0 Å². The van der Waals surface area contributed by atoms with Gasteiger partial charge in [-0.05, 0) is 24.5 Å². The summed E-state index contributed by atoms with van der Waals surface area (Å²) in [4.78, 5) is 0. The molecule has 0 fully saturated rings. The highest BCUT2D eigenvalue weighted by molar-refractivity contribution is 9.10. The Bertz CT molecular complexity index is 524. The number of halogens is 1. The van der Waals surface area contributed by atoms with Gasteiger partial charge in [-0.2, -0.15) is 5.10 Å². The van der Waals surface area contributed by atoms with Crippen LogP contribution in [0.4, 0.5) is 0 Å². The van der Waals surface area contributed by atoms with Gasteiger partial charge in [-0.3, -0.25) is 16.0 Å². The van der Waals surface area contributed by atoms with Crippen LogP contribution >= 0.6 is 15.9 Å². The standard InChI is InChI=1S/C14H19BrN4/c1-2-7-19-10-12(9-17-19)14(18-16)8-11-5-3-4-6-13(11)15/h3-6,9-10,14,18H,2,7-8,16H2,1H3. The first-order valence-corrected chi connectivity index (χ1v) is 7.25. The number of nitrogens with zero attached hydrogens (tertiary/aromatic N) is 2. The molecule has 1 unspecified atom stereocenters. The van der Waals surface area contributed by atoms with Crippen LogP contribution in [0.3, 0.4) is 0 Å². The van der Waals surface area contributed by atoms with Crippen molar-refractivity contribution in [3.63, 3.8) is 0 Å². The van der Waals surface area contributed by atoms with E-state index in [9.17, 15) is 0 Å². The maximum Gasteiger partial charge on any atom is 0.0538 e. The Balaban J connectivity index is 2.13. The molecule has 0 saturated heterocycles. The number of aryl methyl sites for hydroxylation is 1. The van der Waals surface area contributed by atoms with Gasteiger partial charge in [0.1, 0.15) is 0 Å². The minimum Gasteiger partial charge on any atom is -0.272 e. The van der Waals surface area contributed by atoms with E-state index in [0.29, 0.717) is 0 Å². The van der Waals surface area contributed by atoms with E-state index in [1.807, 2.05) is 29.1 Å². The van der Waals surface area contributed by atoms with Crippen molar-refractivity contribution in [2.45, 2.75) is 32.4 Å². The normalized spacial score (nSPS) is 12.6. The van der Waals surface area contributed by atoms with E-state index in [1.54, 1.807) is 0 Å². The zero-order valence-electron chi connectivity index (χ0n) is 11.0. The third-order valence-corrected chi connectivity index (χ3v) is 3.86. The van der Waals surface area contributed by atoms with Crippen molar-refractivity contribution in [3.8, 4) is 0 Å². The van der Waals surface area contributed by atoms with Crippen LogP contribution in [0, 0.1) is 0 Å². The monoisotopic (exact) mass is 322 g/mol. The van der Waals surface area contributed by atoms with Crippen molar-refractivity contribution in [1.29, 1.82) is 0 Å².